The number of pyridine rings is 1. The Morgan fingerprint density at radius 2 is 1.82 bits per heavy atom. The summed E-state index contributed by atoms with van der Waals surface area (Å²) < 4.78 is 0. The summed E-state index contributed by atoms with van der Waals surface area (Å²) in [4.78, 5) is 4.12. The smallest absolute Gasteiger partial charge is 0.113 e. The van der Waals surface area contributed by atoms with Gasteiger partial charge in [0, 0.05) is 11.8 Å². The van der Waals surface area contributed by atoms with Crippen LogP contribution < -0.4 is 0 Å². The van der Waals surface area contributed by atoms with E-state index in [0.29, 0.717) is 5.02 Å². The Bertz CT molecular complexity index is 544. The van der Waals surface area contributed by atoms with Gasteiger partial charge in [-0.3, -0.25) is 0 Å². The van der Waals surface area contributed by atoms with Crippen LogP contribution in [-0.4, -0.2) is 4.98 Å². The lowest BCUT2D eigenvalue weighted by Gasteiger charge is -1.95. The number of benzene rings is 1. The van der Waals surface area contributed by atoms with Crippen molar-refractivity contribution in [2.45, 2.75) is 13.3 Å². The van der Waals surface area contributed by atoms with Crippen LogP contribution in [0, 0.1) is 11.8 Å². The second-order valence-corrected chi connectivity index (χ2v) is 4.10. The van der Waals surface area contributed by atoms with Gasteiger partial charge in [-0.2, -0.15) is 0 Å². The van der Waals surface area contributed by atoms with E-state index >= 15 is 0 Å². The van der Waals surface area contributed by atoms with E-state index in [9.17, 15) is 0 Å². The largest absolute Gasteiger partial charge is 0.246 e. The fourth-order valence-corrected chi connectivity index (χ4v) is 1.52. The van der Waals surface area contributed by atoms with Crippen molar-refractivity contribution in [2.75, 3.05) is 0 Å². The summed E-state index contributed by atoms with van der Waals surface area (Å²) in [5.74, 6) is 6.08. The normalized spacial score (nSPS) is 9.53. The zero-order valence-corrected chi connectivity index (χ0v) is 10.3. The highest BCUT2D eigenvalue weighted by Gasteiger charge is 1.91. The highest BCUT2D eigenvalue weighted by Crippen LogP contribution is 2.06. The van der Waals surface area contributed by atoms with Crippen LogP contribution in [0.2, 0.25) is 5.02 Å². The fourth-order valence-electron chi connectivity index (χ4n) is 1.41. The molecule has 0 atom stereocenters. The molecule has 0 bridgehead atoms. The molecule has 2 heteroatoms. The summed E-state index contributed by atoms with van der Waals surface area (Å²) in [7, 11) is 0. The predicted molar refractivity (Wildman–Crippen MR) is 71.0 cm³/mol. The lowest BCUT2D eigenvalue weighted by molar-refractivity contribution is 1.14. The molecule has 0 unspecified atom stereocenters. The first-order valence-electron chi connectivity index (χ1n) is 5.50. The number of aryl methyl sites for hydroxylation is 1. The minimum Gasteiger partial charge on any atom is -0.246 e. The number of hydrogen-bond donors (Lipinski definition) is 0. The molecule has 0 aliphatic rings. The van der Waals surface area contributed by atoms with Crippen molar-refractivity contribution >= 4 is 11.6 Å². The number of halogens is 1. The minimum absolute atomic E-state index is 0.628. The average molecular weight is 242 g/mol. The molecule has 1 heterocycles. The van der Waals surface area contributed by atoms with Crippen LogP contribution in [0.1, 0.15) is 23.7 Å². The molecule has 0 amide bonds. The zero-order chi connectivity index (χ0) is 12.1. The second-order valence-electron chi connectivity index (χ2n) is 3.66. The topological polar surface area (TPSA) is 12.9 Å². The van der Waals surface area contributed by atoms with E-state index < -0.39 is 0 Å². The van der Waals surface area contributed by atoms with Gasteiger partial charge >= 0.3 is 0 Å². The molecule has 0 radical (unpaired) electrons. The van der Waals surface area contributed by atoms with Crippen molar-refractivity contribution in [3.05, 3.63) is 64.4 Å². The third kappa shape index (κ3) is 3.34. The maximum absolute atomic E-state index is 5.75. The summed E-state index contributed by atoms with van der Waals surface area (Å²) in [6.07, 6.45) is 2.65. The van der Waals surface area contributed by atoms with Crippen LogP contribution in [-0.2, 0) is 6.42 Å². The van der Waals surface area contributed by atoms with Crippen LogP contribution >= 0.6 is 11.6 Å². The molecule has 2 aromatic rings. The molecule has 84 valence electrons. The van der Waals surface area contributed by atoms with Crippen LogP contribution in [0.25, 0.3) is 0 Å². The molecular weight excluding hydrogens is 230 g/mol. The second kappa shape index (κ2) is 5.52. The van der Waals surface area contributed by atoms with Gasteiger partial charge in [0.2, 0.25) is 0 Å². The first-order chi connectivity index (χ1) is 8.28. The summed E-state index contributed by atoms with van der Waals surface area (Å²) in [5.41, 5.74) is 3.05. The third-order valence-corrected chi connectivity index (χ3v) is 2.65. The lowest BCUT2D eigenvalue weighted by Crippen LogP contribution is -1.82. The summed E-state index contributed by atoms with van der Waals surface area (Å²) in [6, 6.07) is 11.9. The molecule has 0 spiro atoms. The first kappa shape index (κ1) is 11.7. The molecule has 1 aromatic heterocycles. The van der Waals surface area contributed by atoms with E-state index in [1.54, 1.807) is 12.3 Å². The molecular formula is C15H12ClN. The first-order valence-corrected chi connectivity index (χ1v) is 5.88. The Balaban J connectivity index is 2.17. The molecule has 0 aliphatic carbocycles. The van der Waals surface area contributed by atoms with Crippen LogP contribution in [0.15, 0.2) is 42.6 Å². The van der Waals surface area contributed by atoms with E-state index in [1.807, 2.05) is 18.2 Å². The molecule has 0 saturated heterocycles. The molecule has 0 aliphatic heterocycles. The van der Waals surface area contributed by atoms with Gasteiger partial charge in [0.15, 0.2) is 0 Å². The number of nitrogens with zero attached hydrogens (tertiary/aromatic N) is 1. The van der Waals surface area contributed by atoms with E-state index in [0.717, 1.165) is 17.7 Å². The highest BCUT2D eigenvalue weighted by atomic mass is 35.5. The Morgan fingerprint density at radius 1 is 1.06 bits per heavy atom. The maximum atomic E-state index is 5.75. The van der Waals surface area contributed by atoms with Crippen molar-refractivity contribution in [1.29, 1.82) is 0 Å². The summed E-state index contributed by atoms with van der Waals surface area (Å²) >= 11 is 5.75. The lowest BCUT2D eigenvalue weighted by atomic mass is 10.1. The van der Waals surface area contributed by atoms with Gasteiger partial charge in [-0.25, -0.2) is 4.98 Å². The summed E-state index contributed by atoms with van der Waals surface area (Å²) in [5, 5.41) is 0.628. The standard InChI is InChI=1S/C15H12ClN/c1-2-12-3-5-13(6-4-12)7-9-15-10-8-14(16)11-17-15/h3-6,8,10-11H,2H2,1H3. The van der Waals surface area contributed by atoms with Gasteiger partial charge in [0.1, 0.15) is 5.69 Å². The Morgan fingerprint density at radius 3 is 2.41 bits per heavy atom. The monoisotopic (exact) mass is 241 g/mol. The Hall–Kier alpha value is -1.78. The fraction of sp³-hybridized carbons (Fsp3) is 0.133. The predicted octanol–water partition coefficient (Wildman–Crippen LogP) is 3.70. The molecule has 2 rings (SSSR count). The van der Waals surface area contributed by atoms with Crippen LogP contribution in [0.4, 0.5) is 0 Å². The van der Waals surface area contributed by atoms with Crippen LogP contribution in [0.5, 0.6) is 0 Å². The van der Waals surface area contributed by atoms with E-state index in [1.165, 1.54) is 5.56 Å². The zero-order valence-electron chi connectivity index (χ0n) is 9.57. The maximum Gasteiger partial charge on any atom is 0.113 e. The van der Waals surface area contributed by atoms with Gasteiger partial charge in [-0.05, 0) is 42.2 Å². The van der Waals surface area contributed by atoms with Crippen molar-refractivity contribution in [2.24, 2.45) is 0 Å². The van der Waals surface area contributed by atoms with Gasteiger partial charge < -0.3 is 0 Å². The van der Waals surface area contributed by atoms with Gasteiger partial charge in [0.25, 0.3) is 0 Å². The van der Waals surface area contributed by atoms with Crippen molar-refractivity contribution in [3.8, 4) is 11.8 Å². The Labute approximate surface area is 106 Å². The van der Waals surface area contributed by atoms with Crippen molar-refractivity contribution < 1.29 is 0 Å². The molecule has 17 heavy (non-hydrogen) atoms. The molecule has 1 aromatic carbocycles. The van der Waals surface area contributed by atoms with E-state index in [2.05, 4.69) is 35.9 Å². The van der Waals surface area contributed by atoms with E-state index in [-0.39, 0.29) is 0 Å². The highest BCUT2D eigenvalue weighted by molar-refractivity contribution is 6.30. The Kier molecular flexibility index (Phi) is 3.80. The van der Waals surface area contributed by atoms with Gasteiger partial charge in [-0.15, -0.1) is 0 Å². The number of aromatic nitrogens is 1. The molecule has 0 fully saturated rings. The summed E-state index contributed by atoms with van der Waals surface area (Å²) in [6.45, 7) is 2.14. The van der Waals surface area contributed by atoms with Crippen molar-refractivity contribution in [3.63, 3.8) is 0 Å². The average Bonchev–Trinajstić information content (AvgIpc) is 2.39. The molecule has 0 saturated carbocycles. The quantitative estimate of drug-likeness (QED) is 0.694. The van der Waals surface area contributed by atoms with Gasteiger partial charge in [0.05, 0.1) is 5.02 Å². The number of hydrogen-bond acceptors (Lipinski definition) is 1. The van der Waals surface area contributed by atoms with Crippen LogP contribution in [0.3, 0.4) is 0 Å². The van der Waals surface area contributed by atoms with E-state index in [4.69, 9.17) is 11.6 Å². The minimum atomic E-state index is 0.628. The number of rotatable bonds is 1. The van der Waals surface area contributed by atoms with Gasteiger partial charge in [-0.1, -0.05) is 36.6 Å². The third-order valence-electron chi connectivity index (χ3n) is 2.42. The molecule has 1 nitrogen and oxygen atoms in total. The SMILES string of the molecule is CCc1ccc(C#Cc2ccc(Cl)cn2)cc1. The van der Waals surface area contributed by atoms with Crippen molar-refractivity contribution in [1.82, 2.24) is 4.98 Å². The molecule has 0 N–H and O–H groups in total.